The molecule has 0 saturated heterocycles. The summed E-state index contributed by atoms with van der Waals surface area (Å²) in [6.45, 7) is 0. The Balaban J connectivity index is 2.43. The molecule has 1 rings (SSSR count). The molecule has 2 N–H and O–H groups in total. The zero-order valence-corrected chi connectivity index (χ0v) is 6.52. The minimum absolute atomic E-state index is 0.154. The summed E-state index contributed by atoms with van der Waals surface area (Å²) < 4.78 is 23.7. The van der Waals surface area contributed by atoms with E-state index in [4.69, 9.17) is 5.73 Å². The van der Waals surface area contributed by atoms with Crippen molar-refractivity contribution < 1.29 is 8.78 Å². The van der Waals surface area contributed by atoms with E-state index in [1.165, 1.54) is 11.3 Å². The van der Waals surface area contributed by atoms with Crippen molar-refractivity contribution in [2.24, 2.45) is 5.73 Å². The predicted octanol–water partition coefficient (Wildman–Crippen LogP) is 1.28. The summed E-state index contributed by atoms with van der Waals surface area (Å²) in [6.07, 6.45) is -2.31. The summed E-state index contributed by atoms with van der Waals surface area (Å²) in [5.74, 6) is 0. The fourth-order valence-corrected chi connectivity index (χ4v) is 1.24. The van der Waals surface area contributed by atoms with Gasteiger partial charge >= 0.3 is 0 Å². The molecule has 1 atom stereocenters. The Morgan fingerprint density at radius 2 is 2.36 bits per heavy atom. The first-order valence-corrected chi connectivity index (χ1v) is 4.05. The van der Waals surface area contributed by atoms with Gasteiger partial charge in [-0.15, -0.1) is 11.3 Å². The van der Waals surface area contributed by atoms with Crippen LogP contribution in [0.1, 0.15) is 5.69 Å². The Labute approximate surface area is 67.1 Å². The summed E-state index contributed by atoms with van der Waals surface area (Å²) in [6, 6.07) is -1.09. The minimum atomic E-state index is -2.46. The molecule has 62 valence electrons. The molecule has 2 nitrogen and oxygen atoms in total. The maximum Gasteiger partial charge on any atom is 0.253 e. The number of halogens is 2. The van der Waals surface area contributed by atoms with Crippen LogP contribution < -0.4 is 5.73 Å². The summed E-state index contributed by atoms with van der Waals surface area (Å²) in [5, 5.41) is 1.72. The molecular formula is C6H8F2N2S. The monoisotopic (exact) mass is 178 g/mol. The van der Waals surface area contributed by atoms with Crippen molar-refractivity contribution in [2.75, 3.05) is 0 Å². The van der Waals surface area contributed by atoms with Gasteiger partial charge in [-0.25, -0.2) is 13.8 Å². The molecule has 0 aromatic carbocycles. The Hall–Kier alpha value is -0.550. The van der Waals surface area contributed by atoms with Crippen LogP contribution in [-0.4, -0.2) is 17.5 Å². The van der Waals surface area contributed by atoms with Gasteiger partial charge in [0.1, 0.15) is 0 Å². The average molecular weight is 178 g/mol. The molecule has 1 aromatic heterocycles. The van der Waals surface area contributed by atoms with E-state index in [0.29, 0.717) is 5.69 Å². The molecule has 0 aliphatic rings. The summed E-state index contributed by atoms with van der Waals surface area (Å²) in [4.78, 5) is 3.84. The topological polar surface area (TPSA) is 38.9 Å². The highest BCUT2D eigenvalue weighted by atomic mass is 32.1. The van der Waals surface area contributed by atoms with Gasteiger partial charge in [0.25, 0.3) is 6.43 Å². The fraction of sp³-hybridized carbons (Fsp3) is 0.500. The molecule has 1 unspecified atom stereocenters. The standard InChI is InChI=1S/C6H8F2N2S/c7-6(8)5(9)1-4-2-11-3-10-4/h2-3,5-6H,1,9H2. The van der Waals surface area contributed by atoms with Crippen LogP contribution in [0, 0.1) is 0 Å². The van der Waals surface area contributed by atoms with E-state index in [2.05, 4.69) is 4.98 Å². The zero-order chi connectivity index (χ0) is 8.27. The summed E-state index contributed by atoms with van der Waals surface area (Å²) in [7, 11) is 0. The second-order valence-electron chi connectivity index (χ2n) is 2.18. The summed E-state index contributed by atoms with van der Waals surface area (Å²) in [5.41, 5.74) is 7.37. The van der Waals surface area contributed by atoms with Crippen molar-refractivity contribution in [1.29, 1.82) is 0 Å². The van der Waals surface area contributed by atoms with Crippen molar-refractivity contribution in [3.8, 4) is 0 Å². The highest BCUT2D eigenvalue weighted by molar-refractivity contribution is 7.07. The molecule has 11 heavy (non-hydrogen) atoms. The van der Waals surface area contributed by atoms with E-state index >= 15 is 0 Å². The second-order valence-corrected chi connectivity index (χ2v) is 2.90. The normalized spacial score (nSPS) is 13.8. The predicted molar refractivity (Wildman–Crippen MR) is 39.8 cm³/mol. The van der Waals surface area contributed by atoms with Crippen LogP contribution in [-0.2, 0) is 6.42 Å². The Bertz CT molecular complexity index is 200. The number of rotatable bonds is 3. The lowest BCUT2D eigenvalue weighted by molar-refractivity contribution is 0.115. The lowest BCUT2D eigenvalue weighted by Gasteiger charge is -2.06. The van der Waals surface area contributed by atoms with Gasteiger partial charge in [-0.2, -0.15) is 0 Å². The maximum atomic E-state index is 11.9. The number of aromatic nitrogens is 1. The molecule has 5 heteroatoms. The molecule has 0 radical (unpaired) electrons. The van der Waals surface area contributed by atoms with Crippen molar-refractivity contribution in [3.63, 3.8) is 0 Å². The largest absolute Gasteiger partial charge is 0.323 e. The highest BCUT2D eigenvalue weighted by Gasteiger charge is 2.15. The van der Waals surface area contributed by atoms with E-state index in [1.807, 2.05) is 0 Å². The van der Waals surface area contributed by atoms with E-state index < -0.39 is 12.5 Å². The molecule has 0 amide bonds. The Kier molecular flexibility index (Phi) is 2.90. The number of alkyl halides is 2. The first-order chi connectivity index (χ1) is 5.20. The van der Waals surface area contributed by atoms with Crippen molar-refractivity contribution in [1.82, 2.24) is 4.98 Å². The molecule has 0 spiro atoms. The number of hydrogen-bond donors (Lipinski definition) is 1. The van der Waals surface area contributed by atoms with Crippen LogP contribution in [0.3, 0.4) is 0 Å². The van der Waals surface area contributed by atoms with E-state index in [9.17, 15) is 8.78 Å². The van der Waals surface area contributed by atoms with Gasteiger partial charge in [-0.1, -0.05) is 0 Å². The quantitative estimate of drug-likeness (QED) is 0.757. The first-order valence-electron chi connectivity index (χ1n) is 3.11. The first kappa shape index (κ1) is 8.55. The van der Waals surface area contributed by atoms with Crippen LogP contribution >= 0.6 is 11.3 Å². The smallest absolute Gasteiger partial charge is 0.253 e. The molecule has 0 bridgehead atoms. The fourth-order valence-electron chi connectivity index (χ4n) is 0.669. The number of hydrogen-bond acceptors (Lipinski definition) is 3. The van der Waals surface area contributed by atoms with Crippen LogP contribution in [0.25, 0.3) is 0 Å². The number of nitrogens with two attached hydrogens (primary N) is 1. The number of thiazole rings is 1. The van der Waals surface area contributed by atoms with Gasteiger partial charge in [-0.3, -0.25) is 0 Å². The Morgan fingerprint density at radius 3 is 2.82 bits per heavy atom. The van der Waals surface area contributed by atoms with Crippen LogP contribution in [0.4, 0.5) is 8.78 Å². The lowest BCUT2D eigenvalue weighted by atomic mass is 10.2. The highest BCUT2D eigenvalue weighted by Crippen LogP contribution is 2.07. The molecule has 0 aliphatic heterocycles. The Morgan fingerprint density at radius 1 is 1.64 bits per heavy atom. The van der Waals surface area contributed by atoms with Gasteiger partial charge in [0.2, 0.25) is 0 Å². The van der Waals surface area contributed by atoms with Gasteiger partial charge in [-0.05, 0) is 0 Å². The molecule has 1 aromatic rings. The van der Waals surface area contributed by atoms with Crippen molar-refractivity contribution >= 4 is 11.3 Å². The van der Waals surface area contributed by atoms with E-state index in [0.717, 1.165) is 0 Å². The second kappa shape index (κ2) is 3.73. The van der Waals surface area contributed by atoms with E-state index in [-0.39, 0.29) is 6.42 Å². The lowest BCUT2D eigenvalue weighted by Crippen LogP contribution is -2.30. The van der Waals surface area contributed by atoms with Gasteiger partial charge < -0.3 is 5.73 Å². The summed E-state index contributed by atoms with van der Waals surface area (Å²) >= 11 is 1.38. The average Bonchev–Trinajstić information content (AvgIpc) is 2.39. The molecular weight excluding hydrogens is 170 g/mol. The van der Waals surface area contributed by atoms with Crippen LogP contribution in [0.2, 0.25) is 0 Å². The van der Waals surface area contributed by atoms with Crippen LogP contribution in [0.15, 0.2) is 10.9 Å². The molecule has 0 aliphatic carbocycles. The van der Waals surface area contributed by atoms with Gasteiger partial charge in [0, 0.05) is 11.8 Å². The molecule has 0 fully saturated rings. The minimum Gasteiger partial charge on any atom is -0.323 e. The third kappa shape index (κ3) is 2.51. The molecule has 1 heterocycles. The third-order valence-electron chi connectivity index (χ3n) is 1.25. The van der Waals surface area contributed by atoms with Gasteiger partial charge in [0.05, 0.1) is 17.2 Å². The number of nitrogens with zero attached hydrogens (tertiary/aromatic N) is 1. The van der Waals surface area contributed by atoms with Crippen LogP contribution in [0.5, 0.6) is 0 Å². The third-order valence-corrected chi connectivity index (χ3v) is 1.89. The maximum absolute atomic E-state index is 11.9. The SMILES string of the molecule is NC(Cc1cscn1)C(F)F. The van der Waals surface area contributed by atoms with Crippen molar-refractivity contribution in [2.45, 2.75) is 18.9 Å². The zero-order valence-electron chi connectivity index (χ0n) is 5.71. The van der Waals surface area contributed by atoms with Gasteiger partial charge in [0.15, 0.2) is 0 Å². The van der Waals surface area contributed by atoms with E-state index in [1.54, 1.807) is 10.9 Å². The molecule has 0 saturated carbocycles. The van der Waals surface area contributed by atoms with Crippen molar-refractivity contribution in [3.05, 3.63) is 16.6 Å².